The Balaban J connectivity index is 1.19. The first-order valence-electron chi connectivity index (χ1n) is 16.5. The van der Waals surface area contributed by atoms with Crippen LogP contribution in [0.3, 0.4) is 0 Å². The van der Waals surface area contributed by atoms with Gasteiger partial charge in [-0.25, -0.2) is 0 Å². The van der Waals surface area contributed by atoms with Crippen LogP contribution < -0.4 is 9.80 Å². The minimum absolute atomic E-state index is 0.667. The van der Waals surface area contributed by atoms with Crippen LogP contribution in [0.25, 0.3) is 0 Å². The highest BCUT2D eigenvalue weighted by Crippen LogP contribution is 2.50. The summed E-state index contributed by atoms with van der Waals surface area (Å²) in [6, 6.07) is 51.4. The van der Waals surface area contributed by atoms with Crippen LogP contribution in [0.15, 0.2) is 181 Å². The predicted molar refractivity (Wildman–Crippen MR) is 205 cm³/mol. The molecule has 0 fully saturated rings. The molecule has 0 unspecified atom stereocenters. The van der Waals surface area contributed by atoms with E-state index in [0.29, 0.717) is 20.0 Å². The summed E-state index contributed by atoms with van der Waals surface area (Å²) in [7, 11) is 0. The second-order valence-corrected chi connectivity index (χ2v) is 13.8. The molecule has 0 saturated carbocycles. The summed E-state index contributed by atoms with van der Waals surface area (Å²) in [5.74, 6) is 0. The quantitative estimate of drug-likeness (QED) is 0.161. The third-order valence-corrected chi connectivity index (χ3v) is 11.3. The maximum Gasteiger partial charge on any atom is 0.136 e. The van der Waals surface area contributed by atoms with Gasteiger partial charge in [0.2, 0.25) is 0 Å². The average molecular weight is 663 g/mol. The van der Waals surface area contributed by atoms with Gasteiger partial charge in [-0.2, -0.15) is 0 Å². The van der Waals surface area contributed by atoms with Crippen molar-refractivity contribution >= 4 is 36.6 Å². The summed E-state index contributed by atoms with van der Waals surface area (Å²) in [5, 5.41) is 0. The summed E-state index contributed by atoms with van der Waals surface area (Å²) < 4.78 is 0. The van der Waals surface area contributed by atoms with E-state index in [1.54, 1.807) is 0 Å². The molecule has 238 valence electrons. The van der Waals surface area contributed by atoms with Gasteiger partial charge in [-0.05, 0) is 40.5 Å². The van der Waals surface area contributed by atoms with Crippen molar-refractivity contribution in [2.75, 3.05) is 29.8 Å². The minimum Gasteiger partial charge on any atom is -0.335 e. The monoisotopic (exact) mass is 662 g/mol. The van der Waals surface area contributed by atoms with Gasteiger partial charge in [-0.3, -0.25) is 0 Å². The number of rotatable bonds is 8. The predicted octanol–water partition coefficient (Wildman–Crippen LogP) is 9.19. The van der Waals surface area contributed by atoms with Crippen LogP contribution in [0.4, 0.5) is 11.4 Å². The SMILES string of the molecule is SC(c1ccccc1)(c1ccccc1)N1CN(CN2CN(C(S)(c3ccccc3)c3ccccc3)c3ccccc32)C2=C1CC=CC=C2. The van der Waals surface area contributed by atoms with Crippen molar-refractivity contribution in [3.05, 3.63) is 204 Å². The summed E-state index contributed by atoms with van der Waals surface area (Å²) in [5.41, 5.74) is 9.42. The molecule has 6 heteroatoms. The summed E-state index contributed by atoms with van der Waals surface area (Å²) >= 11 is 11.2. The second-order valence-electron chi connectivity index (χ2n) is 12.5. The van der Waals surface area contributed by atoms with E-state index in [9.17, 15) is 0 Å². The lowest BCUT2D eigenvalue weighted by Gasteiger charge is -2.42. The van der Waals surface area contributed by atoms with Crippen molar-refractivity contribution in [3.8, 4) is 0 Å². The fraction of sp³-hybridized carbons (Fsp3) is 0.143. The van der Waals surface area contributed by atoms with Crippen molar-refractivity contribution < 1.29 is 0 Å². The lowest BCUT2D eigenvalue weighted by molar-refractivity contribution is 0.197. The summed E-state index contributed by atoms with van der Waals surface area (Å²) in [6.07, 6.45) is 9.66. The lowest BCUT2D eigenvalue weighted by Crippen LogP contribution is -2.48. The van der Waals surface area contributed by atoms with Crippen molar-refractivity contribution in [2.45, 2.75) is 16.2 Å². The lowest BCUT2D eigenvalue weighted by atomic mass is 9.95. The molecule has 5 aromatic rings. The fourth-order valence-electron chi connectivity index (χ4n) is 7.42. The standard InChI is InChI=1S/C42H38N4S2/c47-41(33-18-6-1-7-19-33,34-20-8-2-9-21-34)45-31-43(37-26-14-5-15-28-39(37)45)30-44-32-46(40-29-17-16-27-38(40)44)42(48,35-22-10-3-11-23-35)36-24-12-4-13-25-36/h1-27,29,47-48H,28,30-32H2. The highest BCUT2D eigenvalue weighted by Gasteiger charge is 2.46. The molecule has 0 radical (unpaired) electrons. The Morgan fingerprint density at radius 3 is 1.44 bits per heavy atom. The first kappa shape index (κ1) is 30.5. The van der Waals surface area contributed by atoms with Gasteiger partial charge < -0.3 is 19.6 Å². The number of benzene rings is 5. The Bertz CT molecular complexity index is 1900. The van der Waals surface area contributed by atoms with E-state index in [-0.39, 0.29) is 0 Å². The summed E-state index contributed by atoms with van der Waals surface area (Å²) in [4.78, 5) is 8.58. The van der Waals surface area contributed by atoms with Crippen molar-refractivity contribution in [2.24, 2.45) is 0 Å². The molecule has 0 saturated heterocycles. The molecule has 0 atom stereocenters. The van der Waals surface area contributed by atoms with E-state index in [4.69, 9.17) is 25.3 Å². The van der Waals surface area contributed by atoms with E-state index < -0.39 is 9.74 Å². The third-order valence-electron chi connectivity index (χ3n) is 9.74. The van der Waals surface area contributed by atoms with Crippen molar-refractivity contribution in [1.82, 2.24) is 9.80 Å². The third kappa shape index (κ3) is 5.11. The fourth-order valence-corrected chi connectivity index (χ4v) is 8.37. The molecular formula is C42H38N4S2. The highest BCUT2D eigenvalue weighted by molar-refractivity contribution is 7.81. The van der Waals surface area contributed by atoms with Crippen LogP contribution in [0.1, 0.15) is 28.7 Å². The van der Waals surface area contributed by atoms with Crippen LogP contribution in [0.5, 0.6) is 0 Å². The van der Waals surface area contributed by atoms with Gasteiger partial charge in [-0.1, -0.05) is 152 Å². The molecule has 0 amide bonds. The van der Waals surface area contributed by atoms with Gasteiger partial charge in [0.25, 0.3) is 0 Å². The number of anilines is 2. The number of nitrogens with zero attached hydrogens (tertiary/aromatic N) is 4. The molecule has 0 bridgehead atoms. The Morgan fingerprint density at radius 2 is 0.917 bits per heavy atom. The Hall–Kier alpha value is -4.78. The number of hydrogen-bond acceptors (Lipinski definition) is 6. The topological polar surface area (TPSA) is 13.0 Å². The Morgan fingerprint density at radius 1 is 0.479 bits per heavy atom. The average Bonchev–Trinajstić information content (AvgIpc) is 3.59. The summed E-state index contributed by atoms with van der Waals surface area (Å²) in [6.45, 7) is 2.07. The Labute approximate surface area is 294 Å². The molecule has 3 aliphatic rings. The van der Waals surface area contributed by atoms with Gasteiger partial charge in [0.15, 0.2) is 0 Å². The maximum atomic E-state index is 5.60. The zero-order chi connectivity index (χ0) is 32.6. The molecule has 2 heterocycles. The number of fused-ring (bicyclic) bond motifs is 1. The molecule has 8 rings (SSSR count). The number of para-hydroxylation sites is 2. The molecule has 48 heavy (non-hydrogen) atoms. The molecule has 2 aliphatic heterocycles. The van der Waals surface area contributed by atoms with Gasteiger partial charge >= 0.3 is 0 Å². The van der Waals surface area contributed by atoms with E-state index in [2.05, 4.69) is 189 Å². The normalized spacial score (nSPS) is 16.0. The van der Waals surface area contributed by atoms with Crippen LogP contribution in [0.2, 0.25) is 0 Å². The van der Waals surface area contributed by atoms with E-state index in [0.717, 1.165) is 28.7 Å². The van der Waals surface area contributed by atoms with Gasteiger partial charge in [0.05, 0.1) is 37.1 Å². The first-order valence-corrected chi connectivity index (χ1v) is 17.4. The maximum absolute atomic E-state index is 5.60. The van der Waals surface area contributed by atoms with Crippen molar-refractivity contribution in [1.29, 1.82) is 0 Å². The van der Waals surface area contributed by atoms with Gasteiger partial charge in [0, 0.05) is 12.1 Å². The molecular weight excluding hydrogens is 625 g/mol. The van der Waals surface area contributed by atoms with Gasteiger partial charge in [0.1, 0.15) is 9.74 Å². The van der Waals surface area contributed by atoms with Crippen LogP contribution in [-0.2, 0) is 9.74 Å². The number of hydrogen-bond donors (Lipinski definition) is 2. The van der Waals surface area contributed by atoms with Gasteiger partial charge in [-0.15, -0.1) is 25.3 Å². The smallest absolute Gasteiger partial charge is 0.136 e. The highest BCUT2D eigenvalue weighted by atomic mass is 32.1. The minimum atomic E-state index is -0.679. The van der Waals surface area contributed by atoms with E-state index >= 15 is 0 Å². The molecule has 0 N–H and O–H groups in total. The molecule has 0 aromatic heterocycles. The van der Waals surface area contributed by atoms with Crippen molar-refractivity contribution in [3.63, 3.8) is 0 Å². The Kier molecular flexibility index (Phi) is 8.07. The van der Waals surface area contributed by atoms with Crippen LogP contribution >= 0.6 is 25.3 Å². The zero-order valence-corrected chi connectivity index (χ0v) is 28.5. The zero-order valence-electron chi connectivity index (χ0n) is 26.7. The molecule has 4 nitrogen and oxygen atoms in total. The number of thiol groups is 2. The number of allylic oxidation sites excluding steroid dienone is 4. The first-order chi connectivity index (χ1) is 23.6. The molecule has 1 aliphatic carbocycles. The van der Waals surface area contributed by atoms with E-state index in [1.807, 2.05) is 0 Å². The van der Waals surface area contributed by atoms with Crippen LogP contribution in [-0.4, -0.2) is 29.8 Å². The molecule has 5 aromatic carbocycles. The van der Waals surface area contributed by atoms with E-state index in [1.165, 1.54) is 22.8 Å². The largest absolute Gasteiger partial charge is 0.335 e. The molecule has 0 spiro atoms. The second kappa shape index (κ2) is 12.7. The van der Waals surface area contributed by atoms with Crippen LogP contribution in [0, 0.1) is 0 Å².